The van der Waals surface area contributed by atoms with E-state index < -0.39 is 7.12 Å². The molecule has 0 spiro atoms. The van der Waals surface area contributed by atoms with Gasteiger partial charge in [0, 0.05) is 6.42 Å². The predicted molar refractivity (Wildman–Crippen MR) is 59.2 cm³/mol. The number of rotatable bonds is 3. The second-order valence-electron chi connectivity index (χ2n) is 3.77. The van der Waals surface area contributed by atoms with E-state index in [1.807, 2.05) is 18.2 Å². The van der Waals surface area contributed by atoms with Crippen molar-refractivity contribution in [1.82, 2.24) is 0 Å². The van der Waals surface area contributed by atoms with Crippen LogP contribution in [-0.4, -0.2) is 25.2 Å². The molecule has 0 bridgehead atoms. The number of aryl methyl sites for hydroxylation is 1. The first-order valence-corrected chi connectivity index (χ1v) is 5.19. The fraction of sp³-hybridized carbons (Fsp3) is 0.364. The molecule has 0 unspecified atom stereocenters. The Balaban J connectivity index is 2.07. The molecule has 1 aromatic carbocycles. The highest BCUT2D eigenvalue weighted by Crippen LogP contribution is 2.12. The fourth-order valence-corrected chi connectivity index (χ4v) is 1.77. The molecule has 16 heavy (non-hydrogen) atoms. The summed E-state index contributed by atoms with van der Waals surface area (Å²) in [6, 6.07) is 5.76. The molecule has 2 rings (SSSR count). The molecule has 0 amide bonds. The lowest BCUT2D eigenvalue weighted by atomic mass is 9.78. The Morgan fingerprint density at radius 3 is 3.19 bits per heavy atom. The summed E-state index contributed by atoms with van der Waals surface area (Å²) in [5, 5.41) is 9.52. The highest BCUT2D eigenvalue weighted by Gasteiger charge is 2.27. The van der Waals surface area contributed by atoms with Crippen molar-refractivity contribution in [1.29, 1.82) is 0 Å². The second-order valence-corrected chi connectivity index (χ2v) is 3.77. The minimum atomic E-state index is -0.826. The summed E-state index contributed by atoms with van der Waals surface area (Å²) >= 11 is 0. The van der Waals surface area contributed by atoms with Gasteiger partial charge in [0.15, 0.2) is 0 Å². The number of esters is 1. The van der Waals surface area contributed by atoms with E-state index in [-0.39, 0.29) is 5.97 Å². The van der Waals surface area contributed by atoms with Crippen molar-refractivity contribution in [2.75, 3.05) is 7.11 Å². The molecule has 1 heterocycles. The summed E-state index contributed by atoms with van der Waals surface area (Å²) in [5.41, 5.74) is 2.82. The normalized spacial score (nSPS) is 13.8. The highest BCUT2D eigenvalue weighted by molar-refractivity contribution is 6.61. The maximum absolute atomic E-state index is 11.0. The highest BCUT2D eigenvalue weighted by atomic mass is 16.5. The van der Waals surface area contributed by atoms with Gasteiger partial charge >= 0.3 is 13.1 Å². The fourth-order valence-electron chi connectivity index (χ4n) is 1.77. The molecular formula is C11H13BO4. The maximum Gasteiger partial charge on any atom is 0.491 e. The van der Waals surface area contributed by atoms with Crippen molar-refractivity contribution in [3.8, 4) is 0 Å². The van der Waals surface area contributed by atoms with Crippen LogP contribution in [0.3, 0.4) is 0 Å². The first-order chi connectivity index (χ1) is 7.70. The van der Waals surface area contributed by atoms with Gasteiger partial charge in [0.25, 0.3) is 0 Å². The Bertz CT molecular complexity index is 405. The third-order valence-electron chi connectivity index (χ3n) is 2.72. The number of hydrogen-bond donors (Lipinski definition) is 1. The van der Waals surface area contributed by atoms with Gasteiger partial charge < -0.3 is 14.4 Å². The van der Waals surface area contributed by atoms with Crippen molar-refractivity contribution in [2.24, 2.45) is 0 Å². The lowest BCUT2D eigenvalue weighted by Gasteiger charge is -2.03. The first kappa shape index (κ1) is 11.2. The molecular weight excluding hydrogens is 207 g/mol. The van der Waals surface area contributed by atoms with Crippen LogP contribution in [0.2, 0.25) is 0 Å². The van der Waals surface area contributed by atoms with E-state index >= 15 is 0 Å². The Morgan fingerprint density at radius 2 is 2.44 bits per heavy atom. The van der Waals surface area contributed by atoms with Crippen LogP contribution >= 0.6 is 0 Å². The van der Waals surface area contributed by atoms with Gasteiger partial charge in [0.2, 0.25) is 0 Å². The topological polar surface area (TPSA) is 55.8 Å². The molecule has 0 fully saturated rings. The number of ether oxygens (including phenoxy) is 1. The maximum atomic E-state index is 11.0. The molecule has 0 aliphatic carbocycles. The van der Waals surface area contributed by atoms with Crippen molar-refractivity contribution in [3.63, 3.8) is 0 Å². The second kappa shape index (κ2) is 4.68. The van der Waals surface area contributed by atoms with Crippen molar-refractivity contribution in [3.05, 3.63) is 29.3 Å². The van der Waals surface area contributed by atoms with Crippen LogP contribution in [0.15, 0.2) is 18.2 Å². The summed E-state index contributed by atoms with van der Waals surface area (Å²) in [6.07, 6.45) is 0.971. The van der Waals surface area contributed by atoms with Gasteiger partial charge in [-0.3, -0.25) is 4.79 Å². The van der Waals surface area contributed by atoms with Gasteiger partial charge in [0.05, 0.1) is 13.7 Å². The Hall–Kier alpha value is -1.33. The van der Waals surface area contributed by atoms with Gasteiger partial charge in [-0.25, -0.2) is 0 Å². The molecule has 0 saturated carbocycles. The van der Waals surface area contributed by atoms with E-state index in [9.17, 15) is 9.82 Å². The number of methoxy groups -OCH3 is 1. The third-order valence-corrected chi connectivity index (χ3v) is 2.72. The molecule has 0 atom stereocenters. The largest absolute Gasteiger partial charge is 0.491 e. The number of benzene rings is 1. The molecule has 84 valence electrons. The summed E-state index contributed by atoms with van der Waals surface area (Å²) in [6.45, 7) is 0.452. The minimum absolute atomic E-state index is 0.225. The SMILES string of the molecule is COC(=O)CCc1ccc2c(c1)B(O)OC2. The summed E-state index contributed by atoms with van der Waals surface area (Å²) in [4.78, 5) is 11.0. The number of carbonyl (C=O) groups is 1. The van der Waals surface area contributed by atoms with Gasteiger partial charge in [-0.15, -0.1) is 0 Å². The molecule has 1 aliphatic heterocycles. The molecule has 5 heteroatoms. The zero-order valence-electron chi connectivity index (χ0n) is 9.10. The summed E-state index contributed by atoms with van der Waals surface area (Å²) < 4.78 is 9.66. The standard InChI is InChI=1S/C11H13BO4/c1-15-11(13)5-3-8-2-4-9-7-16-12(14)10(9)6-8/h2,4,6,14H,3,5,7H2,1H3. The predicted octanol–water partition coefficient (Wildman–Crippen LogP) is 0.00990. The molecule has 0 saturated heterocycles. The van der Waals surface area contributed by atoms with E-state index in [1.54, 1.807) is 0 Å². The smallest absolute Gasteiger partial charge is 0.469 e. The molecule has 4 nitrogen and oxygen atoms in total. The third kappa shape index (κ3) is 2.26. The lowest BCUT2D eigenvalue weighted by molar-refractivity contribution is -0.140. The zero-order chi connectivity index (χ0) is 11.5. The molecule has 0 radical (unpaired) electrons. The average molecular weight is 220 g/mol. The zero-order valence-corrected chi connectivity index (χ0v) is 9.10. The number of fused-ring (bicyclic) bond motifs is 1. The van der Waals surface area contributed by atoms with E-state index in [0.29, 0.717) is 19.4 Å². The van der Waals surface area contributed by atoms with Crippen LogP contribution in [0.1, 0.15) is 17.5 Å². The van der Waals surface area contributed by atoms with Gasteiger partial charge in [-0.05, 0) is 23.0 Å². The quantitative estimate of drug-likeness (QED) is 0.575. The van der Waals surface area contributed by atoms with Crippen LogP contribution < -0.4 is 5.46 Å². The monoisotopic (exact) mass is 220 g/mol. The van der Waals surface area contributed by atoms with Gasteiger partial charge in [0.1, 0.15) is 0 Å². The number of hydrogen-bond acceptors (Lipinski definition) is 4. The first-order valence-electron chi connectivity index (χ1n) is 5.19. The Kier molecular flexibility index (Phi) is 3.26. The lowest BCUT2D eigenvalue weighted by Crippen LogP contribution is -2.28. The van der Waals surface area contributed by atoms with Crippen LogP contribution in [0.4, 0.5) is 0 Å². The van der Waals surface area contributed by atoms with Crippen molar-refractivity contribution >= 4 is 18.6 Å². The minimum Gasteiger partial charge on any atom is -0.469 e. The van der Waals surface area contributed by atoms with E-state index in [1.165, 1.54) is 7.11 Å². The van der Waals surface area contributed by atoms with E-state index in [4.69, 9.17) is 4.65 Å². The number of carbonyl (C=O) groups excluding carboxylic acids is 1. The van der Waals surface area contributed by atoms with Crippen molar-refractivity contribution in [2.45, 2.75) is 19.4 Å². The van der Waals surface area contributed by atoms with Gasteiger partial charge in [-0.2, -0.15) is 0 Å². The summed E-state index contributed by atoms with van der Waals surface area (Å²) in [7, 11) is 0.552. The van der Waals surface area contributed by atoms with Crippen molar-refractivity contribution < 1.29 is 19.2 Å². The van der Waals surface area contributed by atoms with Gasteiger partial charge in [-0.1, -0.05) is 18.2 Å². The molecule has 1 N–H and O–H groups in total. The molecule has 0 aromatic heterocycles. The molecule has 1 aromatic rings. The van der Waals surface area contributed by atoms with E-state index in [0.717, 1.165) is 16.6 Å². The van der Waals surface area contributed by atoms with Crippen LogP contribution in [0, 0.1) is 0 Å². The Labute approximate surface area is 94.3 Å². The van der Waals surface area contributed by atoms with Crippen LogP contribution in [0.25, 0.3) is 0 Å². The average Bonchev–Trinajstić information content (AvgIpc) is 2.68. The Morgan fingerprint density at radius 1 is 1.62 bits per heavy atom. The van der Waals surface area contributed by atoms with E-state index in [2.05, 4.69) is 4.74 Å². The van der Waals surface area contributed by atoms with Crippen LogP contribution in [-0.2, 0) is 27.2 Å². The van der Waals surface area contributed by atoms with Crippen LogP contribution in [0.5, 0.6) is 0 Å². The summed E-state index contributed by atoms with van der Waals surface area (Å²) in [5.74, 6) is -0.225. The molecule has 1 aliphatic rings.